The highest BCUT2D eigenvalue weighted by atomic mass is 16.5. The van der Waals surface area contributed by atoms with Gasteiger partial charge in [0.2, 0.25) is 0 Å². The maximum atomic E-state index is 13.9. The highest BCUT2D eigenvalue weighted by Gasteiger charge is 2.39. The molecule has 0 radical (unpaired) electrons. The van der Waals surface area contributed by atoms with E-state index in [-0.39, 0.29) is 58.4 Å². The van der Waals surface area contributed by atoms with E-state index in [1.807, 2.05) is 39.0 Å². The number of carbonyl (C=O) groups excluding carboxylic acids is 4. The van der Waals surface area contributed by atoms with Gasteiger partial charge in [-0.3, -0.25) is 24.1 Å². The summed E-state index contributed by atoms with van der Waals surface area (Å²) in [7, 11) is 1.39. The maximum Gasteiger partial charge on any atom is 0.266 e. The van der Waals surface area contributed by atoms with Gasteiger partial charge in [0, 0.05) is 12.5 Å². The van der Waals surface area contributed by atoms with Crippen LogP contribution in [-0.4, -0.2) is 94.6 Å². The molecular formula is C39H38N2O11. The number of amides is 4. The van der Waals surface area contributed by atoms with Crippen molar-refractivity contribution in [2.75, 3.05) is 38.4 Å². The van der Waals surface area contributed by atoms with E-state index >= 15 is 0 Å². The van der Waals surface area contributed by atoms with Crippen LogP contribution in [0.5, 0.6) is 23.0 Å². The second-order valence-corrected chi connectivity index (χ2v) is 13.2. The van der Waals surface area contributed by atoms with Gasteiger partial charge in [-0.25, -0.2) is 4.90 Å². The van der Waals surface area contributed by atoms with Crippen molar-refractivity contribution in [1.29, 1.82) is 0 Å². The number of aliphatic hydroxyl groups is 4. The lowest BCUT2D eigenvalue weighted by molar-refractivity contribution is 0.0533. The smallest absolute Gasteiger partial charge is 0.266 e. The molecule has 2 aliphatic heterocycles. The molecule has 0 saturated heterocycles. The van der Waals surface area contributed by atoms with E-state index in [1.54, 1.807) is 18.2 Å². The molecule has 0 spiro atoms. The van der Waals surface area contributed by atoms with Gasteiger partial charge in [-0.2, -0.15) is 0 Å². The van der Waals surface area contributed by atoms with E-state index in [4.69, 9.17) is 14.2 Å². The second kappa shape index (κ2) is 14.2. The van der Waals surface area contributed by atoms with Crippen molar-refractivity contribution >= 4 is 29.3 Å². The van der Waals surface area contributed by atoms with Gasteiger partial charge >= 0.3 is 0 Å². The SMILES string of the molecule is Cc1ccc(C(C)(C)c2ccc(N3C(=O)c4ccc(Oc5ccc6c(c5)C(=O)N(C)C6=O)cc4C3=O)c(OCC(O)CO)c2)cc1OCC(O)CO. The minimum Gasteiger partial charge on any atom is -0.491 e. The molecule has 0 aliphatic carbocycles. The zero-order valence-corrected chi connectivity index (χ0v) is 29.0. The lowest BCUT2D eigenvalue weighted by Crippen LogP contribution is -2.31. The van der Waals surface area contributed by atoms with Crippen molar-refractivity contribution in [3.63, 3.8) is 0 Å². The summed E-state index contributed by atoms with van der Waals surface area (Å²) in [6.07, 6.45) is -2.27. The molecule has 13 nitrogen and oxygen atoms in total. The molecule has 4 aromatic carbocycles. The number of carbonyl (C=O) groups is 4. The monoisotopic (exact) mass is 710 g/mol. The predicted molar refractivity (Wildman–Crippen MR) is 187 cm³/mol. The van der Waals surface area contributed by atoms with Crippen LogP contribution in [0.25, 0.3) is 0 Å². The molecule has 6 rings (SSSR count). The number of fused-ring (bicyclic) bond motifs is 2. The molecule has 2 aliphatic rings. The number of anilines is 1. The number of hydrogen-bond donors (Lipinski definition) is 4. The van der Waals surface area contributed by atoms with E-state index in [2.05, 4.69) is 0 Å². The lowest BCUT2D eigenvalue weighted by Gasteiger charge is -2.29. The zero-order chi connectivity index (χ0) is 37.5. The van der Waals surface area contributed by atoms with Crippen LogP contribution in [0.15, 0.2) is 72.8 Å². The van der Waals surface area contributed by atoms with Gasteiger partial charge in [-0.15, -0.1) is 0 Å². The van der Waals surface area contributed by atoms with Crippen LogP contribution in [0.1, 0.15) is 72.0 Å². The molecule has 4 aromatic rings. The fraction of sp³-hybridized carbons (Fsp3) is 0.282. The lowest BCUT2D eigenvalue weighted by atomic mass is 9.77. The topological polar surface area (TPSA) is 183 Å². The molecule has 2 heterocycles. The molecular weight excluding hydrogens is 672 g/mol. The predicted octanol–water partition coefficient (Wildman–Crippen LogP) is 3.60. The Morgan fingerprint density at radius 2 is 1.12 bits per heavy atom. The number of ether oxygens (including phenoxy) is 3. The van der Waals surface area contributed by atoms with Crippen molar-refractivity contribution in [3.05, 3.63) is 112 Å². The molecule has 0 saturated carbocycles. The van der Waals surface area contributed by atoms with Gasteiger partial charge in [0.1, 0.15) is 48.4 Å². The third-order valence-corrected chi connectivity index (χ3v) is 9.27. The van der Waals surface area contributed by atoms with E-state index in [1.165, 1.54) is 43.4 Å². The van der Waals surface area contributed by atoms with Gasteiger partial charge in [0.05, 0.1) is 41.2 Å². The molecule has 2 unspecified atom stereocenters. The summed E-state index contributed by atoms with van der Waals surface area (Å²) in [4.78, 5) is 54.4. The van der Waals surface area contributed by atoms with Crippen molar-refractivity contribution in [2.24, 2.45) is 0 Å². The Hall–Kier alpha value is -5.60. The van der Waals surface area contributed by atoms with E-state index in [0.717, 1.165) is 26.5 Å². The van der Waals surface area contributed by atoms with Crippen molar-refractivity contribution in [3.8, 4) is 23.0 Å². The molecule has 2 atom stereocenters. The van der Waals surface area contributed by atoms with Crippen LogP contribution in [-0.2, 0) is 5.41 Å². The van der Waals surface area contributed by atoms with Crippen LogP contribution in [0.3, 0.4) is 0 Å². The van der Waals surface area contributed by atoms with Gasteiger partial charge in [-0.1, -0.05) is 32.0 Å². The zero-order valence-electron chi connectivity index (χ0n) is 29.0. The summed E-state index contributed by atoms with van der Waals surface area (Å²) in [5.41, 5.74) is 2.47. The molecule has 4 N–H and O–H groups in total. The average Bonchev–Trinajstić information content (AvgIpc) is 3.51. The Morgan fingerprint density at radius 1 is 0.635 bits per heavy atom. The first-order valence-corrected chi connectivity index (χ1v) is 16.5. The highest BCUT2D eigenvalue weighted by molar-refractivity contribution is 6.35. The number of rotatable bonds is 13. The molecule has 4 amide bonds. The Bertz CT molecular complexity index is 2090. The van der Waals surface area contributed by atoms with E-state index in [0.29, 0.717) is 5.75 Å². The van der Waals surface area contributed by atoms with Crippen LogP contribution in [0.2, 0.25) is 0 Å². The number of hydrogen-bond acceptors (Lipinski definition) is 11. The molecule has 0 aromatic heterocycles. The highest BCUT2D eigenvalue weighted by Crippen LogP contribution is 2.42. The first-order valence-electron chi connectivity index (χ1n) is 16.5. The van der Waals surface area contributed by atoms with Crippen LogP contribution >= 0.6 is 0 Å². The Kier molecular flexibility index (Phi) is 9.88. The van der Waals surface area contributed by atoms with Crippen molar-refractivity contribution in [2.45, 2.75) is 38.4 Å². The fourth-order valence-corrected chi connectivity index (χ4v) is 6.03. The summed E-state index contributed by atoms with van der Waals surface area (Å²) in [5, 5.41) is 38.5. The average molecular weight is 711 g/mol. The van der Waals surface area contributed by atoms with Crippen LogP contribution in [0, 0.1) is 6.92 Å². The molecule has 52 heavy (non-hydrogen) atoms. The van der Waals surface area contributed by atoms with E-state index < -0.39 is 54.5 Å². The minimum atomic E-state index is -1.23. The van der Waals surface area contributed by atoms with Crippen molar-refractivity contribution < 1.29 is 53.8 Å². The fourth-order valence-electron chi connectivity index (χ4n) is 6.03. The van der Waals surface area contributed by atoms with Gasteiger partial charge < -0.3 is 34.6 Å². The normalized spacial score (nSPS) is 15.2. The van der Waals surface area contributed by atoms with E-state index in [9.17, 15) is 39.6 Å². The first-order chi connectivity index (χ1) is 24.7. The minimum absolute atomic E-state index is 0.0684. The molecule has 0 fully saturated rings. The molecule has 270 valence electrons. The van der Waals surface area contributed by atoms with Gasteiger partial charge in [-0.05, 0) is 78.2 Å². The van der Waals surface area contributed by atoms with Gasteiger partial charge in [0.25, 0.3) is 23.6 Å². The number of imide groups is 2. The second-order valence-electron chi connectivity index (χ2n) is 13.2. The Morgan fingerprint density at radius 3 is 1.71 bits per heavy atom. The molecule has 0 bridgehead atoms. The summed E-state index contributed by atoms with van der Waals surface area (Å²) in [6.45, 7) is 4.35. The number of benzene rings is 4. The number of aliphatic hydroxyl groups excluding tert-OH is 4. The molecule has 13 heteroatoms. The number of nitrogens with zero attached hydrogens (tertiary/aromatic N) is 2. The largest absolute Gasteiger partial charge is 0.491 e. The first kappa shape index (κ1) is 36.2. The van der Waals surface area contributed by atoms with Gasteiger partial charge in [0.15, 0.2) is 0 Å². The quantitative estimate of drug-likeness (QED) is 0.149. The third-order valence-electron chi connectivity index (χ3n) is 9.27. The standard InChI is InChI=1S/C39H38N2O11/c1-21-5-6-22(13-33(21)50-19-24(44)17-42)39(2,3)23-7-12-32(34(14-23)51-20-25(45)18-43)41-37(48)29-11-9-27(16-31(29)38(41)49)52-26-8-10-28-30(15-26)36(47)40(4)35(28)46/h5-16,24-25,42-45H,17-20H2,1-4H3. The van der Waals surface area contributed by atoms with Crippen molar-refractivity contribution in [1.82, 2.24) is 4.90 Å². The van der Waals surface area contributed by atoms with Crippen LogP contribution < -0.4 is 19.1 Å². The number of aryl methyl sites for hydroxylation is 1. The summed E-state index contributed by atoms with van der Waals surface area (Å²) < 4.78 is 17.7. The third kappa shape index (κ3) is 6.62. The summed E-state index contributed by atoms with van der Waals surface area (Å²) >= 11 is 0. The Labute approximate surface area is 299 Å². The van der Waals surface area contributed by atoms with Crippen LogP contribution in [0.4, 0.5) is 5.69 Å². The Balaban J connectivity index is 1.30. The summed E-state index contributed by atoms with van der Waals surface area (Å²) in [5.74, 6) is -1.01. The maximum absolute atomic E-state index is 13.9. The summed E-state index contributed by atoms with van der Waals surface area (Å²) in [6, 6.07) is 19.5.